The van der Waals surface area contributed by atoms with Gasteiger partial charge in [-0.15, -0.1) is 0 Å². The Kier molecular flexibility index (Phi) is 10.6. The monoisotopic (exact) mass is 580 g/mol. The van der Waals surface area contributed by atoms with Crippen molar-refractivity contribution in [1.29, 1.82) is 0 Å². The Morgan fingerprint density at radius 3 is 2.22 bits per heavy atom. The molecule has 41 heavy (non-hydrogen) atoms. The second kappa shape index (κ2) is 13.7. The van der Waals surface area contributed by atoms with Crippen molar-refractivity contribution in [2.45, 2.75) is 76.4 Å². The molecule has 0 aliphatic rings. The number of aryl methyl sites for hydroxylation is 1. The molecule has 0 unspecified atom stereocenters. The summed E-state index contributed by atoms with van der Waals surface area (Å²) in [6, 6.07) is 18.1. The van der Waals surface area contributed by atoms with Gasteiger partial charge in [-0.05, 0) is 75.9 Å². The molecule has 3 aromatic carbocycles. The lowest BCUT2D eigenvalue weighted by molar-refractivity contribution is -0.129. The van der Waals surface area contributed by atoms with Crippen LogP contribution in [0.5, 0.6) is 0 Å². The molecule has 0 bridgehead atoms. The smallest absolute Gasteiger partial charge is 0.242 e. The van der Waals surface area contributed by atoms with E-state index < -0.39 is 39.5 Å². The van der Waals surface area contributed by atoms with Crippen molar-refractivity contribution in [3.63, 3.8) is 0 Å². The molecule has 10 heteroatoms. The lowest BCUT2D eigenvalue weighted by atomic mass is 10.0. The summed E-state index contributed by atoms with van der Waals surface area (Å²) >= 11 is 0. The Balaban J connectivity index is 1.64. The Hall–Kier alpha value is -3.76. The third-order valence-electron chi connectivity index (χ3n) is 6.45. The molecule has 0 saturated heterocycles. The highest BCUT2D eigenvalue weighted by Crippen LogP contribution is 2.18. The van der Waals surface area contributed by atoms with E-state index in [4.69, 9.17) is 0 Å². The van der Waals surface area contributed by atoms with Crippen molar-refractivity contribution in [2.24, 2.45) is 0 Å². The Morgan fingerprint density at radius 2 is 1.54 bits per heavy atom. The van der Waals surface area contributed by atoms with Crippen LogP contribution in [0, 0.1) is 6.92 Å². The summed E-state index contributed by atoms with van der Waals surface area (Å²) in [5.41, 5.74) is 1.51. The van der Waals surface area contributed by atoms with Crippen molar-refractivity contribution < 1.29 is 22.8 Å². The van der Waals surface area contributed by atoms with Gasteiger partial charge in [0.25, 0.3) is 0 Å². The third-order valence-corrected chi connectivity index (χ3v) is 7.93. The van der Waals surface area contributed by atoms with E-state index in [1.165, 1.54) is 19.1 Å². The van der Waals surface area contributed by atoms with Gasteiger partial charge in [-0.25, -0.2) is 8.42 Å². The van der Waals surface area contributed by atoms with E-state index in [0.29, 0.717) is 13.0 Å². The number of sulfonamides is 1. The molecule has 220 valence electrons. The fraction of sp³-hybridized carbons (Fsp3) is 0.387. The minimum atomic E-state index is -4.07. The van der Waals surface area contributed by atoms with Crippen LogP contribution in [0.25, 0.3) is 10.8 Å². The Bertz CT molecular complexity index is 1480. The summed E-state index contributed by atoms with van der Waals surface area (Å²) in [6.07, 6.45) is 0.432. The molecule has 0 saturated carbocycles. The van der Waals surface area contributed by atoms with Gasteiger partial charge < -0.3 is 16.0 Å². The standard InChI is InChI=1S/C31H40N4O5S/c1-21-13-15-25(16-14-21)41(39,40)35-27(17-18-28(36)34-31(3,4)5)30(38)33-22(2)29(37)32-20-19-24-11-8-10-23-9-6-7-12-26(23)24/h6-16,22,27,35H,17-20H2,1-5H3,(H,32,37)(H,33,38)(H,34,36)/t22-,27-/m0/s1. The topological polar surface area (TPSA) is 133 Å². The van der Waals surface area contributed by atoms with Gasteiger partial charge in [-0.1, -0.05) is 60.2 Å². The number of hydrogen-bond acceptors (Lipinski definition) is 5. The molecule has 9 nitrogen and oxygen atoms in total. The molecule has 2 atom stereocenters. The highest BCUT2D eigenvalue weighted by atomic mass is 32.2. The van der Waals surface area contributed by atoms with Gasteiger partial charge in [0, 0.05) is 18.5 Å². The van der Waals surface area contributed by atoms with E-state index in [1.54, 1.807) is 12.1 Å². The Morgan fingerprint density at radius 1 is 0.878 bits per heavy atom. The first-order chi connectivity index (χ1) is 19.2. The molecule has 0 spiro atoms. The number of carbonyl (C=O) groups is 3. The summed E-state index contributed by atoms with van der Waals surface area (Å²) in [5.74, 6) is -1.41. The van der Waals surface area contributed by atoms with Crippen LogP contribution < -0.4 is 20.7 Å². The van der Waals surface area contributed by atoms with E-state index in [0.717, 1.165) is 21.9 Å². The lowest BCUT2D eigenvalue weighted by Crippen LogP contribution is -2.53. The van der Waals surface area contributed by atoms with E-state index in [1.807, 2.05) is 70.2 Å². The lowest BCUT2D eigenvalue weighted by Gasteiger charge is -2.23. The second-order valence-electron chi connectivity index (χ2n) is 11.2. The van der Waals surface area contributed by atoms with Crippen LogP contribution in [0.3, 0.4) is 0 Å². The fourth-order valence-corrected chi connectivity index (χ4v) is 5.57. The molecule has 0 fully saturated rings. The van der Waals surface area contributed by atoms with E-state index in [-0.39, 0.29) is 23.6 Å². The second-order valence-corrected chi connectivity index (χ2v) is 12.9. The van der Waals surface area contributed by atoms with Crippen LogP contribution in [0.1, 0.15) is 51.7 Å². The predicted molar refractivity (Wildman–Crippen MR) is 161 cm³/mol. The number of benzene rings is 3. The molecular weight excluding hydrogens is 540 g/mol. The summed E-state index contributed by atoms with van der Waals surface area (Å²) in [5, 5.41) is 10.5. The zero-order valence-corrected chi connectivity index (χ0v) is 25.1. The van der Waals surface area contributed by atoms with Crippen molar-refractivity contribution in [2.75, 3.05) is 6.54 Å². The van der Waals surface area contributed by atoms with E-state index in [2.05, 4.69) is 20.7 Å². The highest BCUT2D eigenvalue weighted by Gasteiger charge is 2.29. The number of fused-ring (bicyclic) bond motifs is 1. The van der Waals surface area contributed by atoms with Gasteiger partial charge in [-0.2, -0.15) is 4.72 Å². The van der Waals surface area contributed by atoms with Crippen molar-refractivity contribution in [3.05, 3.63) is 77.9 Å². The molecule has 3 rings (SSSR count). The molecular formula is C31H40N4O5S. The normalized spacial score (nSPS) is 13.3. The van der Waals surface area contributed by atoms with E-state index >= 15 is 0 Å². The minimum Gasteiger partial charge on any atom is -0.354 e. The number of rotatable bonds is 12. The molecule has 0 heterocycles. The number of nitrogens with one attached hydrogen (secondary N) is 4. The first kappa shape index (κ1) is 31.8. The molecule has 0 aliphatic heterocycles. The van der Waals surface area contributed by atoms with Crippen LogP contribution in [0.2, 0.25) is 0 Å². The zero-order valence-electron chi connectivity index (χ0n) is 24.3. The van der Waals surface area contributed by atoms with Crippen LogP contribution in [-0.2, 0) is 30.8 Å². The molecule has 0 radical (unpaired) electrons. The number of carbonyl (C=O) groups excluding carboxylic acids is 3. The summed E-state index contributed by atoms with van der Waals surface area (Å²) in [6.45, 7) is 9.22. The van der Waals surface area contributed by atoms with Gasteiger partial charge in [0.05, 0.1) is 4.90 Å². The third kappa shape index (κ3) is 9.68. The zero-order chi connectivity index (χ0) is 30.2. The SMILES string of the molecule is Cc1ccc(S(=O)(=O)N[C@@H](CCC(=O)NC(C)(C)C)C(=O)N[C@@H](C)C(=O)NCCc2cccc3ccccc23)cc1. The van der Waals surface area contributed by atoms with Crippen molar-refractivity contribution in [1.82, 2.24) is 20.7 Å². The Labute approximate surface area is 242 Å². The maximum atomic E-state index is 13.2. The van der Waals surface area contributed by atoms with Gasteiger partial charge in [-0.3, -0.25) is 14.4 Å². The quantitative estimate of drug-likeness (QED) is 0.261. The summed E-state index contributed by atoms with van der Waals surface area (Å²) in [4.78, 5) is 38.4. The van der Waals surface area contributed by atoms with Gasteiger partial charge >= 0.3 is 0 Å². The molecule has 0 aromatic heterocycles. The van der Waals surface area contributed by atoms with E-state index in [9.17, 15) is 22.8 Å². The fourth-order valence-electron chi connectivity index (χ4n) is 4.34. The van der Waals surface area contributed by atoms with Gasteiger partial charge in [0.1, 0.15) is 12.1 Å². The summed E-state index contributed by atoms with van der Waals surface area (Å²) < 4.78 is 28.5. The molecule has 4 N–H and O–H groups in total. The van der Waals surface area contributed by atoms with Crippen LogP contribution >= 0.6 is 0 Å². The molecule has 0 aliphatic carbocycles. The van der Waals surface area contributed by atoms with Crippen LogP contribution in [0.15, 0.2) is 71.6 Å². The predicted octanol–water partition coefficient (Wildman–Crippen LogP) is 3.35. The van der Waals surface area contributed by atoms with Crippen molar-refractivity contribution in [3.8, 4) is 0 Å². The van der Waals surface area contributed by atoms with Gasteiger partial charge in [0.2, 0.25) is 27.7 Å². The maximum absolute atomic E-state index is 13.2. The average Bonchev–Trinajstić information content (AvgIpc) is 2.90. The molecule has 3 amide bonds. The summed E-state index contributed by atoms with van der Waals surface area (Å²) in [7, 11) is -4.07. The first-order valence-corrected chi connectivity index (χ1v) is 15.2. The average molecular weight is 581 g/mol. The van der Waals surface area contributed by atoms with Gasteiger partial charge in [0.15, 0.2) is 0 Å². The maximum Gasteiger partial charge on any atom is 0.242 e. The minimum absolute atomic E-state index is 0.000675. The number of amides is 3. The largest absolute Gasteiger partial charge is 0.354 e. The highest BCUT2D eigenvalue weighted by molar-refractivity contribution is 7.89. The number of hydrogen-bond donors (Lipinski definition) is 4. The van der Waals surface area contributed by atoms with Crippen molar-refractivity contribution >= 4 is 38.5 Å². The van der Waals surface area contributed by atoms with Crippen LogP contribution in [0.4, 0.5) is 0 Å². The molecule has 3 aromatic rings. The first-order valence-electron chi connectivity index (χ1n) is 13.7. The van der Waals surface area contributed by atoms with Crippen LogP contribution in [-0.4, -0.2) is 50.3 Å².